The predicted molar refractivity (Wildman–Crippen MR) is 149 cm³/mol. The minimum atomic E-state index is -0.0362. The van der Waals surface area contributed by atoms with Crippen LogP contribution in [0.1, 0.15) is 12.0 Å². The third-order valence-electron chi connectivity index (χ3n) is 6.73. The number of aromatic amines is 1. The Morgan fingerprint density at radius 1 is 1.00 bits per heavy atom. The molecule has 0 bridgehead atoms. The van der Waals surface area contributed by atoms with Crippen molar-refractivity contribution < 1.29 is 9.53 Å². The lowest BCUT2D eigenvalue weighted by atomic mass is 10.2. The number of aryl methyl sites for hydroxylation is 1. The molecule has 3 aromatic heterocycles. The Bertz CT molecular complexity index is 1680. The van der Waals surface area contributed by atoms with Gasteiger partial charge in [0.25, 0.3) is 0 Å². The number of anilines is 3. The number of nitrogens with one attached hydrogen (secondary N) is 2. The van der Waals surface area contributed by atoms with Crippen molar-refractivity contribution in [3.05, 3.63) is 73.1 Å². The summed E-state index contributed by atoms with van der Waals surface area (Å²) in [5.74, 6) is 2.83. The maximum absolute atomic E-state index is 12.1. The Balaban J connectivity index is 1.22. The summed E-state index contributed by atoms with van der Waals surface area (Å²) in [6.45, 7) is 8.43. The average Bonchev–Trinajstić information content (AvgIpc) is 3.28. The van der Waals surface area contributed by atoms with Crippen molar-refractivity contribution in [1.82, 2.24) is 35.3 Å². The highest BCUT2D eigenvalue weighted by Crippen LogP contribution is 2.31. The molecule has 0 radical (unpaired) electrons. The Morgan fingerprint density at radius 2 is 1.87 bits per heavy atom. The highest BCUT2D eigenvalue weighted by atomic mass is 16.5. The van der Waals surface area contributed by atoms with Crippen LogP contribution >= 0.6 is 0 Å². The Labute approximate surface area is 224 Å². The first-order valence-electron chi connectivity index (χ1n) is 12.7. The van der Waals surface area contributed by atoms with Crippen molar-refractivity contribution in [2.45, 2.75) is 13.3 Å². The van der Waals surface area contributed by atoms with Crippen LogP contribution in [-0.2, 0) is 4.79 Å². The molecule has 0 aliphatic carbocycles. The third-order valence-corrected chi connectivity index (χ3v) is 6.73. The summed E-state index contributed by atoms with van der Waals surface area (Å²) in [5.41, 5.74) is 4.76. The summed E-state index contributed by atoms with van der Waals surface area (Å²) in [4.78, 5) is 29.9. The standard InChI is InChI=1S/C28H27N9O2/c1-3-26(38)37-12-4-11-36(13-14-37)25-10-8-22-27(32-25)28(30-17-29-22)31-19-5-9-24(18(2)15-19)39-20-6-7-21-23(16-20)34-35-33-21/h3,5-10,15-17H,1,4,11-14H2,2H3,(H,29,30,31)(H,33,34,35). The molecule has 1 aliphatic heterocycles. The molecule has 11 heteroatoms. The largest absolute Gasteiger partial charge is 0.457 e. The van der Waals surface area contributed by atoms with Gasteiger partial charge in [0.05, 0.1) is 5.52 Å². The first-order valence-corrected chi connectivity index (χ1v) is 12.7. The zero-order chi connectivity index (χ0) is 26.8. The van der Waals surface area contributed by atoms with E-state index in [1.807, 2.05) is 60.4 Å². The molecule has 2 N–H and O–H groups in total. The zero-order valence-electron chi connectivity index (χ0n) is 21.5. The summed E-state index contributed by atoms with van der Waals surface area (Å²) < 4.78 is 6.10. The SMILES string of the molecule is C=CC(=O)N1CCCN(c2ccc3ncnc(Nc4ccc(Oc5ccc6n[nH]nc6c5)c(C)c4)c3n2)CC1. The quantitative estimate of drug-likeness (QED) is 0.313. The first kappa shape index (κ1) is 24.3. The molecule has 11 nitrogen and oxygen atoms in total. The van der Waals surface area contributed by atoms with Gasteiger partial charge in [0, 0.05) is 37.9 Å². The lowest BCUT2D eigenvalue weighted by Crippen LogP contribution is -2.34. The van der Waals surface area contributed by atoms with E-state index in [1.165, 1.54) is 12.4 Å². The molecule has 0 saturated carbocycles. The molecular weight excluding hydrogens is 494 g/mol. The zero-order valence-corrected chi connectivity index (χ0v) is 21.5. The van der Waals surface area contributed by atoms with Crippen LogP contribution in [0.15, 0.2) is 67.5 Å². The number of rotatable bonds is 6. The van der Waals surface area contributed by atoms with E-state index in [4.69, 9.17) is 9.72 Å². The van der Waals surface area contributed by atoms with Gasteiger partial charge in [-0.2, -0.15) is 15.4 Å². The highest BCUT2D eigenvalue weighted by Gasteiger charge is 2.19. The molecule has 1 amide bonds. The van der Waals surface area contributed by atoms with Gasteiger partial charge in [-0.15, -0.1) is 0 Å². The molecule has 1 saturated heterocycles. The van der Waals surface area contributed by atoms with Crippen molar-refractivity contribution in [2.24, 2.45) is 0 Å². The number of pyridine rings is 1. The van der Waals surface area contributed by atoms with Crippen molar-refractivity contribution in [3.63, 3.8) is 0 Å². The van der Waals surface area contributed by atoms with Gasteiger partial charge in [0.2, 0.25) is 5.91 Å². The van der Waals surface area contributed by atoms with Crippen molar-refractivity contribution in [3.8, 4) is 11.5 Å². The van der Waals surface area contributed by atoms with Crippen LogP contribution in [-0.4, -0.2) is 67.3 Å². The molecule has 0 atom stereocenters. The van der Waals surface area contributed by atoms with Gasteiger partial charge in [-0.1, -0.05) is 6.58 Å². The van der Waals surface area contributed by atoms with Crippen LogP contribution in [0.4, 0.5) is 17.3 Å². The van der Waals surface area contributed by atoms with Gasteiger partial charge >= 0.3 is 0 Å². The number of hydrogen-bond donors (Lipinski definition) is 2. The lowest BCUT2D eigenvalue weighted by Gasteiger charge is -2.22. The number of hydrogen-bond acceptors (Lipinski definition) is 9. The van der Waals surface area contributed by atoms with E-state index in [2.05, 4.69) is 42.2 Å². The molecule has 4 heterocycles. The van der Waals surface area contributed by atoms with Crippen molar-refractivity contribution in [2.75, 3.05) is 36.4 Å². The smallest absolute Gasteiger partial charge is 0.246 e. The van der Waals surface area contributed by atoms with E-state index in [0.29, 0.717) is 36.7 Å². The van der Waals surface area contributed by atoms with E-state index in [0.717, 1.165) is 52.3 Å². The molecule has 1 fully saturated rings. The minimum Gasteiger partial charge on any atom is -0.457 e. The van der Waals surface area contributed by atoms with Crippen LogP contribution in [0.2, 0.25) is 0 Å². The minimum absolute atomic E-state index is 0.0362. The van der Waals surface area contributed by atoms with Crippen LogP contribution in [0.5, 0.6) is 11.5 Å². The van der Waals surface area contributed by atoms with E-state index < -0.39 is 0 Å². The monoisotopic (exact) mass is 521 g/mol. The Morgan fingerprint density at radius 3 is 2.74 bits per heavy atom. The molecule has 0 unspecified atom stereocenters. The highest BCUT2D eigenvalue weighted by molar-refractivity contribution is 5.88. The van der Waals surface area contributed by atoms with Crippen LogP contribution in [0, 0.1) is 6.92 Å². The number of ether oxygens (including phenoxy) is 1. The summed E-state index contributed by atoms with van der Waals surface area (Å²) >= 11 is 0. The number of carbonyl (C=O) groups excluding carboxylic acids is 1. The molecule has 1 aliphatic rings. The molecule has 39 heavy (non-hydrogen) atoms. The van der Waals surface area contributed by atoms with Crippen molar-refractivity contribution in [1.29, 1.82) is 0 Å². The van der Waals surface area contributed by atoms with E-state index in [1.54, 1.807) is 0 Å². The second-order valence-corrected chi connectivity index (χ2v) is 9.31. The van der Waals surface area contributed by atoms with Crippen LogP contribution < -0.4 is 15.0 Å². The topological polar surface area (TPSA) is 125 Å². The molecule has 196 valence electrons. The molecule has 2 aromatic carbocycles. The second kappa shape index (κ2) is 10.4. The maximum Gasteiger partial charge on any atom is 0.246 e. The van der Waals surface area contributed by atoms with Crippen LogP contribution in [0.3, 0.4) is 0 Å². The first-order chi connectivity index (χ1) is 19.1. The number of nitrogens with zero attached hydrogens (tertiary/aromatic N) is 7. The fourth-order valence-electron chi connectivity index (χ4n) is 4.68. The van der Waals surface area contributed by atoms with E-state index in [9.17, 15) is 4.79 Å². The summed E-state index contributed by atoms with van der Waals surface area (Å²) in [5, 5.41) is 14.2. The Hall–Kier alpha value is -5.06. The van der Waals surface area contributed by atoms with E-state index >= 15 is 0 Å². The molecule has 0 spiro atoms. The number of amides is 1. The number of aromatic nitrogens is 6. The summed E-state index contributed by atoms with van der Waals surface area (Å²) in [6.07, 6.45) is 3.76. The molecule has 6 rings (SSSR count). The maximum atomic E-state index is 12.1. The second-order valence-electron chi connectivity index (χ2n) is 9.31. The fraction of sp³-hybridized carbons (Fsp3) is 0.214. The van der Waals surface area contributed by atoms with Gasteiger partial charge in [-0.05, 0) is 67.4 Å². The van der Waals surface area contributed by atoms with E-state index in [-0.39, 0.29) is 5.91 Å². The van der Waals surface area contributed by atoms with Gasteiger partial charge in [0.15, 0.2) is 5.82 Å². The third kappa shape index (κ3) is 5.06. The van der Waals surface area contributed by atoms with Gasteiger partial charge in [-0.3, -0.25) is 4.79 Å². The molecule has 5 aromatic rings. The van der Waals surface area contributed by atoms with Gasteiger partial charge in [0.1, 0.15) is 40.2 Å². The number of carbonyl (C=O) groups is 1. The van der Waals surface area contributed by atoms with Gasteiger partial charge in [-0.25, -0.2) is 15.0 Å². The van der Waals surface area contributed by atoms with Crippen molar-refractivity contribution >= 4 is 45.3 Å². The normalized spacial score (nSPS) is 13.9. The molecular formula is C28H27N9O2. The lowest BCUT2D eigenvalue weighted by molar-refractivity contribution is -0.125. The number of fused-ring (bicyclic) bond motifs is 2. The summed E-state index contributed by atoms with van der Waals surface area (Å²) in [6, 6.07) is 15.4. The van der Waals surface area contributed by atoms with Gasteiger partial charge < -0.3 is 19.9 Å². The predicted octanol–water partition coefficient (Wildman–Crippen LogP) is 4.37. The average molecular weight is 522 g/mol. The summed E-state index contributed by atoms with van der Waals surface area (Å²) in [7, 11) is 0. The Kier molecular flexibility index (Phi) is 6.45. The number of H-pyrrole nitrogens is 1. The fourth-order valence-corrected chi connectivity index (χ4v) is 4.68. The number of benzene rings is 2. The van der Waals surface area contributed by atoms with Crippen LogP contribution in [0.25, 0.3) is 22.1 Å².